The van der Waals surface area contributed by atoms with E-state index in [9.17, 15) is 19.0 Å². The van der Waals surface area contributed by atoms with E-state index in [0.717, 1.165) is 70.6 Å². The molecule has 0 aromatic heterocycles. The Bertz CT molecular complexity index is 1290. The van der Waals surface area contributed by atoms with Gasteiger partial charge in [0.05, 0.1) is 13.2 Å². The molecule has 0 aliphatic rings. The Balaban J connectivity index is 4.05. The Kier molecular flexibility index (Phi) is 48.9. The number of carbonyl (C=O) groups is 2. The lowest BCUT2D eigenvalue weighted by atomic mass is 10.0. The van der Waals surface area contributed by atoms with Crippen molar-refractivity contribution in [3.05, 3.63) is 72.9 Å². The lowest BCUT2D eigenvalue weighted by Gasteiger charge is -2.19. The molecule has 10 heteroatoms. The topological polar surface area (TPSA) is 134 Å². The Morgan fingerprint density at radius 3 is 1.29 bits per heavy atom. The Labute approximate surface area is 399 Å². The number of nitrogens with two attached hydrogens (primary N) is 1. The first kappa shape index (κ1) is 62.4. The second kappa shape index (κ2) is 50.9. The summed E-state index contributed by atoms with van der Waals surface area (Å²) in [5, 5.41) is 0. The van der Waals surface area contributed by atoms with Gasteiger partial charge in [0, 0.05) is 19.4 Å². The van der Waals surface area contributed by atoms with Gasteiger partial charge in [0.2, 0.25) is 0 Å². The SMILES string of the molecule is CC/C=C\C/C=C\C/C=C\C/C=C\C/C=C\CCCCCC(=O)OC(COC(=O)CCCCCCCCCCCCCCC/C=C\CCCCCCCCCC)COP(=O)(O)OCCN. The van der Waals surface area contributed by atoms with Crippen LogP contribution in [0.25, 0.3) is 0 Å². The molecule has 376 valence electrons. The fourth-order valence-corrected chi connectivity index (χ4v) is 7.95. The van der Waals surface area contributed by atoms with Crippen LogP contribution in [0, 0.1) is 0 Å². The number of carbonyl (C=O) groups excluding carboxylic acids is 2. The molecule has 0 saturated carbocycles. The van der Waals surface area contributed by atoms with Crippen molar-refractivity contribution in [3.63, 3.8) is 0 Å². The van der Waals surface area contributed by atoms with E-state index in [4.69, 9.17) is 24.3 Å². The summed E-state index contributed by atoms with van der Waals surface area (Å²) in [6, 6.07) is 0. The third-order valence-electron chi connectivity index (χ3n) is 11.1. The number of ether oxygens (including phenoxy) is 2. The smallest absolute Gasteiger partial charge is 0.462 e. The first-order valence-corrected chi connectivity index (χ1v) is 27.9. The van der Waals surface area contributed by atoms with Crippen LogP contribution < -0.4 is 5.73 Å². The molecule has 0 aromatic carbocycles. The molecule has 0 rings (SSSR count). The number of hydrogen-bond donors (Lipinski definition) is 2. The molecule has 0 aromatic rings. The molecule has 0 bridgehead atoms. The minimum absolute atomic E-state index is 0.0449. The summed E-state index contributed by atoms with van der Waals surface area (Å²) in [5.41, 5.74) is 5.37. The largest absolute Gasteiger partial charge is 0.472 e. The van der Waals surface area contributed by atoms with E-state index in [0.29, 0.717) is 6.42 Å². The van der Waals surface area contributed by atoms with Crippen molar-refractivity contribution in [2.75, 3.05) is 26.4 Å². The molecule has 0 aliphatic heterocycles. The van der Waals surface area contributed by atoms with E-state index >= 15 is 0 Å². The molecule has 0 aliphatic carbocycles. The van der Waals surface area contributed by atoms with E-state index in [1.807, 2.05) is 0 Å². The monoisotopic (exact) mass is 932 g/mol. The zero-order chi connectivity index (χ0) is 47.4. The van der Waals surface area contributed by atoms with Gasteiger partial charge in [-0.05, 0) is 83.5 Å². The molecular weight excluding hydrogens is 834 g/mol. The van der Waals surface area contributed by atoms with Crippen molar-refractivity contribution in [1.29, 1.82) is 0 Å². The fraction of sp³-hybridized carbons (Fsp3) is 0.745. The number of allylic oxidation sites excluding steroid dienone is 12. The molecule has 9 nitrogen and oxygen atoms in total. The van der Waals surface area contributed by atoms with Crippen molar-refractivity contribution in [1.82, 2.24) is 0 Å². The molecule has 0 spiro atoms. The highest BCUT2D eigenvalue weighted by Gasteiger charge is 2.26. The maximum atomic E-state index is 12.6. The molecule has 3 N–H and O–H groups in total. The van der Waals surface area contributed by atoms with Crippen LogP contribution >= 0.6 is 7.82 Å². The minimum atomic E-state index is -4.40. The van der Waals surface area contributed by atoms with E-state index in [2.05, 4.69) is 86.8 Å². The molecule has 0 radical (unpaired) electrons. The van der Waals surface area contributed by atoms with Gasteiger partial charge >= 0.3 is 19.8 Å². The van der Waals surface area contributed by atoms with Gasteiger partial charge in [0.1, 0.15) is 6.61 Å². The third kappa shape index (κ3) is 50.7. The second-order valence-electron chi connectivity index (χ2n) is 17.4. The average Bonchev–Trinajstić information content (AvgIpc) is 3.30. The fourth-order valence-electron chi connectivity index (χ4n) is 7.19. The highest BCUT2D eigenvalue weighted by Crippen LogP contribution is 2.43. The summed E-state index contributed by atoms with van der Waals surface area (Å²) in [7, 11) is -4.40. The predicted molar refractivity (Wildman–Crippen MR) is 275 cm³/mol. The summed E-state index contributed by atoms with van der Waals surface area (Å²) in [5.74, 6) is -0.864. The van der Waals surface area contributed by atoms with Crippen molar-refractivity contribution in [2.45, 2.75) is 238 Å². The number of unbranched alkanes of at least 4 members (excludes halogenated alkanes) is 24. The van der Waals surface area contributed by atoms with Gasteiger partial charge in [-0.15, -0.1) is 0 Å². The van der Waals surface area contributed by atoms with Crippen molar-refractivity contribution in [3.8, 4) is 0 Å². The maximum absolute atomic E-state index is 12.6. The molecule has 0 fully saturated rings. The second-order valence-corrected chi connectivity index (χ2v) is 18.8. The number of phosphoric ester groups is 1. The zero-order valence-electron chi connectivity index (χ0n) is 41.7. The maximum Gasteiger partial charge on any atom is 0.472 e. The number of phosphoric acid groups is 1. The van der Waals surface area contributed by atoms with Crippen LogP contribution in [-0.4, -0.2) is 49.3 Å². The summed E-state index contributed by atoms with van der Waals surface area (Å²) >= 11 is 0. The molecule has 0 amide bonds. The minimum Gasteiger partial charge on any atom is -0.462 e. The summed E-state index contributed by atoms with van der Waals surface area (Å²) in [4.78, 5) is 35.1. The van der Waals surface area contributed by atoms with Crippen LogP contribution in [0.15, 0.2) is 72.9 Å². The van der Waals surface area contributed by atoms with E-state index in [-0.39, 0.29) is 32.6 Å². The van der Waals surface area contributed by atoms with E-state index < -0.39 is 32.5 Å². The molecule has 2 atom stereocenters. The average molecular weight is 932 g/mol. The van der Waals surface area contributed by atoms with Crippen molar-refractivity contribution < 1.29 is 37.6 Å². The summed E-state index contributed by atoms with van der Waals surface area (Å²) in [6.45, 7) is 3.60. The molecule has 2 unspecified atom stereocenters. The zero-order valence-corrected chi connectivity index (χ0v) is 42.6. The van der Waals surface area contributed by atoms with Gasteiger partial charge in [-0.2, -0.15) is 0 Å². The van der Waals surface area contributed by atoms with Crippen LogP contribution in [0.3, 0.4) is 0 Å². The van der Waals surface area contributed by atoms with Gasteiger partial charge in [-0.1, -0.05) is 209 Å². The van der Waals surface area contributed by atoms with Gasteiger partial charge in [-0.3, -0.25) is 18.6 Å². The van der Waals surface area contributed by atoms with Gasteiger partial charge in [0.25, 0.3) is 0 Å². The van der Waals surface area contributed by atoms with Gasteiger partial charge < -0.3 is 20.1 Å². The summed E-state index contributed by atoms with van der Waals surface area (Å²) < 4.78 is 32.9. The first-order valence-electron chi connectivity index (χ1n) is 26.4. The number of hydrogen-bond acceptors (Lipinski definition) is 8. The lowest BCUT2D eigenvalue weighted by molar-refractivity contribution is -0.161. The first-order chi connectivity index (χ1) is 31.8. The van der Waals surface area contributed by atoms with Gasteiger partial charge in [-0.25, -0.2) is 4.57 Å². The highest BCUT2D eigenvalue weighted by atomic mass is 31.2. The van der Waals surface area contributed by atoms with Crippen molar-refractivity contribution in [2.24, 2.45) is 5.73 Å². The van der Waals surface area contributed by atoms with Crippen molar-refractivity contribution >= 4 is 19.8 Å². The Hall–Kier alpha value is -2.55. The highest BCUT2D eigenvalue weighted by molar-refractivity contribution is 7.47. The third-order valence-corrected chi connectivity index (χ3v) is 12.1. The van der Waals surface area contributed by atoms with Crippen LogP contribution in [-0.2, 0) is 32.7 Å². The molecular formula is C55H98NO8P. The molecule has 0 heterocycles. The van der Waals surface area contributed by atoms with E-state index in [1.165, 1.54) is 128 Å². The standard InChI is InChI=1S/C55H98NO8P/c1-3-5-7-9-11-13-15-17-19-21-23-24-25-26-27-28-30-31-33-35-37-39-41-43-45-47-54(57)61-51-53(52-63-65(59,60)62-50-49-56)64-55(58)48-46-44-42-40-38-36-34-32-29-22-20-18-16-14-12-10-8-6-4-2/h6,8,12,14,18,20-21,23,29,32,36,38,53H,3-5,7,9-11,13,15-17,19,22,24-28,30-31,33-35,37,39-52,56H2,1-2H3,(H,59,60)/b8-6-,14-12-,20-18-,23-21-,32-29-,38-36-. The molecule has 0 saturated heterocycles. The Morgan fingerprint density at radius 1 is 0.477 bits per heavy atom. The Morgan fingerprint density at radius 2 is 0.846 bits per heavy atom. The van der Waals surface area contributed by atoms with Crippen LogP contribution in [0.2, 0.25) is 0 Å². The molecule has 65 heavy (non-hydrogen) atoms. The normalized spacial score (nSPS) is 13.7. The quantitative estimate of drug-likeness (QED) is 0.0265. The van der Waals surface area contributed by atoms with Crippen LogP contribution in [0.4, 0.5) is 0 Å². The van der Waals surface area contributed by atoms with E-state index in [1.54, 1.807) is 0 Å². The number of esters is 2. The van der Waals surface area contributed by atoms with Crippen LogP contribution in [0.5, 0.6) is 0 Å². The van der Waals surface area contributed by atoms with Crippen LogP contribution in [0.1, 0.15) is 232 Å². The summed E-state index contributed by atoms with van der Waals surface area (Å²) in [6.07, 6.45) is 63.8. The predicted octanol–water partition coefficient (Wildman–Crippen LogP) is 16.2. The van der Waals surface area contributed by atoms with Gasteiger partial charge in [0.15, 0.2) is 6.10 Å². The lowest BCUT2D eigenvalue weighted by Crippen LogP contribution is -2.29. The number of rotatable bonds is 49.